The van der Waals surface area contributed by atoms with Gasteiger partial charge in [-0.2, -0.15) is 0 Å². The number of nitrogens with two attached hydrogens (primary N) is 1. The Balaban J connectivity index is 1.94. The van der Waals surface area contributed by atoms with E-state index in [0.29, 0.717) is 12.3 Å². The van der Waals surface area contributed by atoms with Crippen molar-refractivity contribution in [2.24, 2.45) is 17.6 Å². The first-order chi connectivity index (χ1) is 8.20. The van der Waals surface area contributed by atoms with E-state index in [1.807, 2.05) is 12.1 Å². The molecule has 1 aliphatic rings. The summed E-state index contributed by atoms with van der Waals surface area (Å²) in [6.45, 7) is 2.25. The van der Waals surface area contributed by atoms with E-state index >= 15 is 0 Å². The van der Waals surface area contributed by atoms with Gasteiger partial charge in [-0.3, -0.25) is 0 Å². The quantitative estimate of drug-likeness (QED) is 0.849. The minimum Gasteiger partial charge on any atom is -0.327 e. The first-order valence-electron chi connectivity index (χ1n) is 6.69. The molecule has 3 atom stereocenters. The molecule has 1 aromatic rings. The molecule has 2 rings (SSSR count). The van der Waals surface area contributed by atoms with Gasteiger partial charge in [0.25, 0.3) is 0 Å². The highest BCUT2D eigenvalue weighted by molar-refractivity contribution is 5.18. The van der Waals surface area contributed by atoms with Gasteiger partial charge < -0.3 is 5.73 Å². The topological polar surface area (TPSA) is 26.0 Å². The van der Waals surface area contributed by atoms with Crippen LogP contribution in [0.5, 0.6) is 0 Å². The summed E-state index contributed by atoms with van der Waals surface area (Å²) in [7, 11) is 0. The lowest BCUT2D eigenvalue weighted by atomic mass is 9.91. The zero-order valence-electron chi connectivity index (χ0n) is 10.5. The van der Waals surface area contributed by atoms with Crippen molar-refractivity contribution in [3.63, 3.8) is 0 Å². The van der Waals surface area contributed by atoms with Crippen molar-refractivity contribution < 1.29 is 4.39 Å². The Morgan fingerprint density at radius 1 is 1.35 bits per heavy atom. The van der Waals surface area contributed by atoms with Crippen LogP contribution in [-0.2, 0) is 6.42 Å². The Hall–Kier alpha value is -0.890. The summed E-state index contributed by atoms with van der Waals surface area (Å²) in [4.78, 5) is 0. The van der Waals surface area contributed by atoms with E-state index in [9.17, 15) is 4.39 Å². The van der Waals surface area contributed by atoms with E-state index in [-0.39, 0.29) is 11.9 Å². The van der Waals surface area contributed by atoms with Crippen LogP contribution in [0.15, 0.2) is 24.3 Å². The van der Waals surface area contributed by atoms with Crippen LogP contribution in [0.2, 0.25) is 0 Å². The van der Waals surface area contributed by atoms with Gasteiger partial charge in [0.15, 0.2) is 0 Å². The lowest BCUT2D eigenvalue weighted by Crippen LogP contribution is -2.31. The second-order valence-corrected chi connectivity index (χ2v) is 5.31. The van der Waals surface area contributed by atoms with Crippen LogP contribution >= 0.6 is 0 Å². The van der Waals surface area contributed by atoms with Gasteiger partial charge in [0.05, 0.1) is 0 Å². The molecule has 1 saturated carbocycles. The fourth-order valence-electron chi connectivity index (χ4n) is 2.96. The van der Waals surface area contributed by atoms with Gasteiger partial charge in [-0.25, -0.2) is 4.39 Å². The monoisotopic (exact) mass is 235 g/mol. The van der Waals surface area contributed by atoms with Crippen LogP contribution in [0.25, 0.3) is 0 Å². The first-order valence-corrected chi connectivity index (χ1v) is 6.69. The van der Waals surface area contributed by atoms with Gasteiger partial charge in [0.2, 0.25) is 0 Å². The largest absolute Gasteiger partial charge is 0.327 e. The van der Waals surface area contributed by atoms with E-state index in [2.05, 4.69) is 6.92 Å². The van der Waals surface area contributed by atoms with Crippen molar-refractivity contribution >= 4 is 0 Å². The van der Waals surface area contributed by atoms with Crippen LogP contribution in [0, 0.1) is 17.7 Å². The highest BCUT2D eigenvalue weighted by Gasteiger charge is 2.28. The molecule has 0 spiro atoms. The smallest absolute Gasteiger partial charge is 0.126 e. The molecule has 0 saturated heterocycles. The average Bonchev–Trinajstić information content (AvgIpc) is 2.81. The minimum absolute atomic E-state index is 0.114. The predicted molar refractivity (Wildman–Crippen MR) is 69.2 cm³/mol. The molecule has 0 amide bonds. The van der Waals surface area contributed by atoms with Gasteiger partial charge in [-0.15, -0.1) is 0 Å². The number of rotatable bonds is 4. The minimum atomic E-state index is -0.118. The summed E-state index contributed by atoms with van der Waals surface area (Å²) in [5, 5.41) is 0. The van der Waals surface area contributed by atoms with E-state index in [1.165, 1.54) is 31.7 Å². The molecule has 94 valence electrons. The lowest BCUT2D eigenvalue weighted by Gasteiger charge is -2.19. The lowest BCUT2D eigenvalue weighted by molar-refractivity contribution is 0.401. The van der Waals surface area contributed by atoms with Crippen molar-refractivity contribution in [1.82, 2.24) is 0 Å². The van der Waals surface area contributed by atoms with Gasteiger partial charge in [0.1, 0.15) is 5.82 Å². The summed E-state index contributed by atoms with van der Waals surface area (Å²) in [5.74, 6) is 1.30. The summed E-state index contributed by atoms with van der Waals surface area (Å²) < 4.78 is 13.5. The zero-order chi connectivity index (χ0) is 12.3. The molecule has 1 aliphatic carbocycles. The Morgan fingerprint density at radius 3 is 2.76 bits per heavy atom. The fourth-order valence-corrected chi connectivity index (χ4v) is 2.96. The maximum atomic E-state index is 13.5. The Labute approximate surface area is 103 Å². The predicted octanol–water partition coefficient (Wildman–Crippen LogP) is 3.52. The molecule has 1 fully saturated rings. The molecule has 3 unspecified atom stereocenters. The molecule has 1 nitrogen and oxygen atoms in total. The van der Waals surface area contributed by atoms with Crippen LogP contribution in [0.4, 0.5) is 4.39 Å². The van der Waals surface area contributed by atoms with Crippen molar-refractivity contribution in [1.29, 1.82) is 0 Å². The summed E-state index contributed by atoms with van der Waals surface area (Å²) in [6.07, 6.45) is 5.67. The van der Waals surface area contributed by atoms with Crippen molar-refractivity contribution in [3.05, 3.63) is 35.6 Å². The second-order valence-electron chi connectivity index (χ2n) is 5.31. The molecular weight excluding hydrogens is 213 g/mol. The molecule has 0 bridgehead atoms. The zero-order valence-corrected chi connectivity index (χ0v) is 10.5. The van der Waals surface area contributed by atoms with Crippen molar-refractivity contribution in [2.45, 2.75) is 45.1 Å². The molecule has 2 N–H and O–H groups in total. The third kappa shape index (κ3) is 3.06. The van der Waals surface area contributed by atoms with Crippen LogP contribution in [0.3, 0.4) is 0 Å². The summed E-state index contributed by atoms with van der Waals surface area (Å²) in [5.41, 5.74) is 6.99. The van der Waals surface area contributed by atoms with Crippen LogP contribution in [0.1, 0.15) is 38.2 Å². The number of hydrogen-bond acceptors (Lipinski definition) is 1. The highest BCUT2D eigenvalue weighted by Crippen LogP contribution is 2.35. The van der Waals surface area contributed by atoms with Gasteiger partial charge in [-0.1, -0.05) is 38.0 Å². The average molecular weight is 235 g/mol. The van der Waals surface area contributed by atoms with E-state index < -0.39 is 0 Å². The maximum absolute atomic E-state index is 13.5. The van der Waals surface area contributed by atoms with Crippen LogP contribution in [-0.4, -0.2) is 6.04 Å². The van der Waals surface area contributed by atoms with Gasteiger partial charge >= 0.3 is 0 Å². The second kappa shape index (κ2) is 5.63. The Morgan fingerprint density at radius 2 is 2.12 bits per heavy atom. The normalized spacial score (nSPS) is 26.1. The molecular formula is C15H22FN. The van der Waals surface area contributed by atoms with Crippen molar-refractivity contribution in [2.75, 3.05) is 0 Å². The first kappa shape index (κ1) is 12.6. The Kier molecular flexibility index (Phi) is 4.16. The number of benzene rings is 1. The van der Waals surface area contributed by atoms with Gasteiger partial charge in [0, 0.05) is 6.04 Å². The fraction of sp³-hybridized carbons (Fsp3) is 0.600. The van der Waals surface area contributed by atoms with E-state index in [4.69, 9.17) is 5.73 Å². The molecule has 2 heteroatoms. The molecule has 0 radical (unpaired) electrons. The van der Waals surface area contributed by atoms with E-state index in [0.717, 1.165) is 11.5 Å². The highest BCUT2D eigenvalue weighted by atomic mass is 19.1. The molecule has 0 aromatic heterocycles. The van der Waals surface area contributed by atoms with Gasteiger partial charge in [-0.05, 0) is 42.7 Å². The molecule has 17 heavy (non-hydrogen) atoms. The molecule has 1 aromatic carbocycles. The molecule has 0 aliphatic heterocycles. The summed E-state index contributed by atoms with van der Waals surface area (Å²) >= 11 is 0. The van der Waals surface area contributed by atoms with E-state index in [1.54, 1.807) is 6.07 Å². The number of halogens is 1. The maximum Gasteiger partial charge on any atom is 0.126 e. The number of hydrogen-bond donors (Lipinski definition) is 1. The third-order valence-electron chi connectivity index (χ3n) is 4.18. The molecule has 0 heterocycles. The SMILES string of the molecule is CCC1CCC(C(N)Cc2ccccc2F)C1. The Bertz CT molecular complexity index is 364. The summed E-state index contributed by atoms with van der Waals surface area (Å²) in [6, 6.07) is 7.10. The third-order valence-corrected chi connectivity index (χ3v) is 4.18. The standard InChI is InChI=1S/C15H22FN/c1-2-11-7-8-13(9-11)15(17)10-12-5-3-4-6-14(12)16/h3-6,11,13,15H,2,7-10,17H2,1H3. The van der Waals surface area contributed by atoms with Crippen LogP contribution < -0.4 is 5.73 Å². The van der Waals surface area contributed by atoms with Crippen molar-refractivity contribution in [3.8, 4) is 0 Å².